The molecule has 0 unspecified atom stereocenters. The molecule has 2 atom stereocenters. The summed E-state index contributed by atoms with van der Waals surface area (Å²) < 4.78 is 13.6. The van der Waals surface area contributed by atoms with E-state index in [1.54, 1.807) is 18.0 Å². The van der Waals surface area contributed by atoms with Gasteiger partial charge in [-0.25, -0.2) is 9.97 Å². The zero-order valence-electron chi connectivity index (χ0n) is 17.7. The summed E-state index contributed by atoms with van der Waals surface area (Å²) in [4.78, 5) is 26.2. The number of aromatic nitrogens is 4. The number of hydrogen-bond donors (Lipinski definition) is 1. The van der Waals surface area contributed by atoms with Crippen molar-refractivity contribution in [2.75, 3.05) is 6.61 Å². The number of ether oxygens (including phenoxy) is 1. The van der Waals surface area contributed by atoms with Gasteiger partial charge in [0.25, 0.3) is 5.56 Å². The monoisotopic (exact) mass is 456 g/mol. The second-order valence-corrected chi connectivity index (χ2v) is 9.99. The first-order chi connectivity index (χ1) is 15.0. The molecular weight excluding hydrogens is 432 g/mol. The van der Waals surface area contributed by atoms with E-state index >= 15 is 0 Å². The molecule has 7 nitrogen and oxygen atoms in total. The fourth-order valence-corrected chi connectivity index (χ4v) is 5.91. The summed E-state index contributed by atoms with van der Waals surface area (Å²) in [5.74, 6) is 1.33. The van der Waals surface area contributed by atoms with Gasteiger partial charge in [0.15, 0.2) is 5.16 Å². The fourth-order valence-electron chi connectivity index (χ4n) is 3.91. The maximum atomic E-state index is 12.9. The van der Waals surface area contributed by atoms with Gasteiger partial charge in [-0.15, -0.1) is 11.3 Å². The third-order valence-corrected chi connectivity index (χ3v) is 7.72. The molecule has 0 aliphatic carbocycles. The number of nitrogens with one attached hydrogen (secondary N) is 1. The maximum absolute atomic E-state index is 12.9. The van der Waals surface area contributed by atoms with Gasteiger partial charge in [0, 0.05) is 23.2 Å². The molecule has 31 heavy (non-hydrogen) atoms. The molecule has 1 aliphatic rings. The number of aromatic amines is 1. The van der Waals surface area contributed by atoms with E-state index in [1.165, 1.54) is 11.3 Å². The molecule has 5 rings (SSSR count). The molecule has 1 fully saturated rings. The van der Waals surface area contributed by atoms with E-state index in [-0.39, 0.29) is 16.9 Å². The number of thiophene rings is 1. The number of fused-ring (bicyclic) bond motifs is 1. The number of furan rings is 1. The lowest BCUT2D eigenvalue weighted by Crippen LogP contribution is -2.17. The van der Waals surface area contributed by atoms with Gasteiger partial charge >= 0.3 is 0 Å². The molecule has 1 aliphatic heterocycles. The summed E-state index contributed by atoms with van der Waals surface area (Å²) in [6.45, 7) is 7.82. The Kier molecular flexibility index (Phi) is 5.49. The van der Waals surface area contributed by atoms with Gasteiger partial charge in [0.05, 0.1) is 35.2 Å². The smallest absolute Gasteiger partial charge is 0.260 e. The van der Waals surface area contributed by atoms with E-state index in [9.17, 15) is 4.79 Å². The van der Waals surface area contributed by atoms with Gasteiger partial charge in [-0.3, -0.25) is 4.79 Å². The Bertz CT molecular complexity index is 1270. The molecule has 0 radical (unpaired) electrons. The van der Waals surface area contributed by atoms with Crippen LogP contribution in [0.1, 0.15) is 42.2 Å². The van der Waals surface area contributed by atoms with Crippen LogP contribution in [0.3, 0.4) is 0 Å². The Morgan fingerprint density at radius 3 is 3.00 bits per heavy atom. The highest BCUT2D eigenvalue weighted by Gasteiger charge is 2.23. The minimum atomic E-state index is -0.143. The Morgan fingerprint density at radius 2 is 2.26 bits per heavy atom. The number of thioether (sulfide) groups is 1. The first-order valence-corrected chi connectivity index (χ1v) is 12.1. The second-order valence-electron chi connectivity index (χ2n) is 7.83. The molecule has 0 amide bonds. The van der Waals surface area contributed by atoms with Crippen molar-refractivity contribution in [3.63, 3.8) is 0 Å². The van der Waals surface area contributed by atoms with Gasteiger partial charge in [-0.05, 0) is 45.7 Å². The molecule has 4 aromatic rings. The molecule has 1 N–H and O–H groups in total. The highest BCUT2D eigenvalue weighted by atomic mass is 32.2. The van der Waals surface area contributed by atoms with Crippen molar-refractivity contribution in [2.45, 2.75) is 56.7 Å². The topological polar surface area (TPSA) is 85.9 Å². The molecular formula is C22H24N4O3S2. The van der Waals surface area contributed by atoms with Crippen molar-refractivity contribution in [1.29, 1.82) is 0 Å². The van der Waals surface area contributed by atoms with Crippen LogP contribution < -0.4 is 5.56 Å². The lowest BCUT2D eigenvalue weighted by Gasteiger charge is -2.16. The van der Waals surface area contributed by atoms with Crippen LogP contribution in [-0.4, -0.2) is 32.2 Å². The third kappa shape index (κ3) is 3.86. The lowest BCUT2D eigenvalue weighted by atomic mass is 10.2. The van der Waals surface area contributed by atoms with Crippen molar-refractivity contribution in [2.24, 2.45) is 0 Å². The van der Waals surface area contributed by atoms with Crippen LogP contribution >= 0.6 is 23.1 Å². The van der Waals surface area contributed by atoms with Crippen molar-refractivity contribution in [1.82, 2.24) is 19.5 Å². The molecule has 0 bridgehead atoms. The number of hydrogen-bond acceptors (Lipinski definition) is 7. The number of aryl methyl sites for hydroxylation is 1. The number of H-pyrrole nitrogens is 1. The quantitative estimate of drug-likeness (QED) is 0.407. The number of imidazole rings is 1. The molecule has 9 heteroatoms. The van der Waals surface area contributed by atoms with E-state index in [0.29, 0.717) is 21.8 Å². The number of nitrogens with zero attached hydrogens (tertiary/aromatic N) is 3. The Hall–Kier alpha value is -2.36. The Balaban J connectivity index is 1.44. The van der Waals surface area contributed by atoms with E-state index in [1.807, 2.05) is 31.4 Å². The number of rotatable bonds is 6. The normalized spacial score (nSPS) is 17.6. The van der Waals surface area contributed by atoms with Crippen LogP contribution in [0.25, 0.3) is 21.5 Å². The van der Waals surface area contributed by atoms with Crippen LogP contribution in [0.15, 0.2) is 38.1 Å². The molecule has 1 saturated heterocycles. The first kappa shape index (κ1) is 20.5. The van der Waals surface area contributed by atoms with Crippen LogP contribution in [0, 0.1) is 13.8 Å². The lowest BCUT2D eigenvalue weighted by molar-refractivity contribution is 0.0944. The molecule has 5 heterocycles. The average molecular weight is 457 g/mol. The summed E-state index contributed by atoms with van der Waals surface area (Å²) >= 11 is 3.07. The van der Waals surface area contributed by atoms with Gasteiger partial charge in [0.1, 0.15) is 16.4 Å². The van der Waals surface area contributed by atoms with Crippen LogP contribution in [0.2, 0.25) is 0 Å². The first-order valence-electron chi connectivity index (χ1n) is 10.4. The Morgan fingerprint density at radius 1 is 1.39 bits per heavy atom. The molecule has 162 valence electrons. The standard InChI is InChI=1S/C22H24N4O3S2/c1-12-13(2)26(10-15-6-4-8-28-15)22(23-12)31-14(3)19-24-20(27)18-16(11-30-21(18)25-19)17-7-5-9-29-17/h5,7,9,11,14-15H,4,6,8,10H2,1-3H3,(H,24,25,27)/t14-,15+/m0/s1. The van der Waals surface area contributed by atoms with Crippen LogP contribution in [0.5, 0.6) is 0 Å². The third-order valence-electron chi connectivity index (χ3n) is 5.75. The summed E-state index contributed by atoms with van der Waals surface area (Å²) in [5, 5.41) is 3.38. The largest absolute Gasteiger partial charge is 0.464 e. The predicted molar refractivity (Wildman–Crippen MR) is 123 cm³/mol. The van der Waals surface area contributed by atoms with Crippen LogP contribution in [-0.2, 0) is 11.3 Å². The molecule has 0 spiro atoms. The van der Waals surface area contributed by atoms with Crippen LogP contribution in [0.4, 0.5) is 0 Å². The van der Waals surface area contributed by atoms with E-state index in [2.05, 4.69) is 16.5 Å². The average Bonchev–Trinajstić information content (AvgIpc) is 3.54. The van der Waals surface area contributed by atoms with Gasteiger partial charge in [-0.1, -0.05) is 11.8 Å². The van der Waals surface area contributed by atoms with Gasteiger partial charge < -0.3 is 18.7 Å². The van der Waals surface area contributed by atoms with E-state index < -0.39 is 0 Å². The zero-order valence-corrected chi connectivity index (χ0v) is 19.3. The van der Waals surface area contributed by atoms with E-state index in [4.69, 9.17) is 19.1 Å². The maximum Gasteiger partial charge on any atom is 0.260 e. The van der Waals surface area contributed by atoms with Crippen molar-refractivity contribution in [3.05, 3.63) is 51.3 Å². The summed E-state index contributed by atoms with van der Waals surface area (Å²) in [5.41, 5.74) is 2.81. The van der Waals surface area contributed by atoms with Crippen molar-refractivity contribution < 1.29 is 9.15 Å². The summed E-state index contributed by atoms with van der Waals surface area (Å²) in [6.07, 6.45) is 4.04. The van der Waals surface area contributed by atoms with Crippen molar-refractivity contribution >= 4 is 33.3 Å². The minimum absolute atomic E-state index is 0.0595. The Labute approximate surface area is 187 Å². The van der Waals surface area contributed by atoms with Gasteiger partial charge in [-0.2, -0.15) is 0 Å². The highest BCUT2D eigenvalue weighted by molar-refractivity contribution is 7.99. The SMILES string of the molecule is Cc1nc(S[C@@H](C)c2nc3scc(-c4ccco4)c3c(=O)[nH]2)n(C[C@H]2CCCO2)c1C. The highest BCUT2D eigenvalue weighted by Crippen LogP contribution is 2.36. The molecule has 0 saturated carbocycles. The zero-order chi connectivity index (χ0) is 21.5. The summed E-state index contributed by atoms with van der Waals surface area (Å²) in [6, 6.07) is 3.67. The van der Waals surface area contributed by atoms with Crippen molar-refractivity contribution in [3.8, 4) is 11.3 Å². The van der Waals surface area contributed by atoms with E-state index in [0.717, 1.165) is 48.1 Å². The predicted octanol–water partition coefficient (Wildman–Crippen LogP) is 5.09. The second kappa shape index (κ2) is 8.29. The minimum Gasteiger partial charge on any atom is -0.464 e. The molecule has 0 aromatic carbocycles. The summed E-state index contributed by atoms with van der Waals surface area (Å²) in [7, 11) is 0. The van der Waals surface area contributed by atoms with Gasteiger partial charge in [0.2, 0.25) is 0 Å². The fraction of sp³-hybridized carbons (Fsp3) is 0.409. The molecule has 4 aromatic heterocycles.